The van der Waals surface area contributed by atoms with Gasteiger partial charge in [0.15, 0.2) is 0 Å². The van der Waals surface area contributed by atoms with Gasteiger partial charge in [-0.2, -0.15) is 0 Å². The van der Waals surface area contributed by atoms with Crippen LogP contribution in [0.25, 0.3) is 10.8 Å². The third-order valence-corrected chi connectivity index (χ3v) is 4.24. The molecule has 2 aromatic rings. The normalized spacial score (nSPS) is 10.7. The quantitative estimate of drug-likeness (QED) is 0.542. The number of hydrogen-bond acceptors (Lipinski definition) is 4. The van der Waals surface area contributed by atoms with Crippen LogP contribution in [0.4, 0.5) is 0 Å². The molecule has 0 saturated heterocycles. The Morgan fingerprint density at radius 2 is 1.15 bits per heavy atom. The van der Waals surface area contributed by atoms with Gasteiger partial charge in [-0.25, -0.2) is 0 Å². The Labute approximate surface area is 155 Å². The minimum absolute atomic E-state index is 0.146. The summed E-state index contributed by atoms with van der Waals surface area (Å²) < 4.78 is 10.6. The predicted octanol–water partition coefficient (Wildman–Crippen LogP) is 5.31. The fourth-order valence-electron chi connectivity index (χ4n) is 2.64. The lowest BCUT2D eigenvalue weighted by atomic mass is 10.0. The van der Waals surface area contributed by atoms with Gasteiger partial charge in [0.2, 0.25) is 0 Å². The van der Waals surface area contributed by atoms with Crippen molar-refractivity contribution in [3.05, 3.63) is 47.5 Å². The molecular formula is C22H28O4. The number of esters is 2. The van der Waals surface area contributed by atoms with Crippen molar-refractivity contribution >= 4 is 22.7 Å². The summed E-state index contributed by atoms with van der Waals surface area (Å²) in [4.78, 5) is 23.2. The van der Waals surface area contributed by atoms with Crippen molar-refractivity contribution in [2.24, 2.45) is 0 Å². The maximum atomic E-state index is 11.6. The highest BCUT2D eigenvalue weighted by molar-refractivity contribution is 5.84. The number of carbonyl (C=O) groups excluding carboxylic acids is 2. The second-order valence-corrected chi connectivity index (χ2v) is 6.54. The number of hydrogen-bond donors (Lipinski definition) is 0. The summed E-state index contributed by atoms with van der Waals surface area (Å²) in [5, 5.41) is 2.15. The fraction of sp³-hybridized carbons (Fsp3) is 0.455. The largest absolute Gasteiger partial charge is 0.461 e. The molecule has 4 nitrogen and oxygen atoms in total. The molecule has 0 saturated carbocycles. The van der Waals surface area contributed by atoms with Crippen LogP contribution in [-0.2, 0) is 32.3 Å². The third kappa shape index (κ3) is 6.51. The molecular weight excluding hydrogens is 328 g/mol. The SMILES string of the molecule is CCCCC(=O)OCc1ccc2cc(COC(=O)CCCC)ccc2c1. The van der Waals surface area contributed by atoms with Gasteiger partial charge < -0.3 is 9.47 Å². The summed E-state index contributed by atoms with van der Waals surface area (Å²) in [6, 6.07) is 12.0. The number of fused-ring (bicyclic) bond motifs is 1. The van der Waals surface area contributed by atoms with Gasteiger partial charge >= 0.3 is 11.9 Å². The molecule has 0 bridgehead atoms. The van der Waals surface area contributed by atoms with Crippen molar-refractivity contribution in [2.75, 3.05) is 0 Å². The second kappa shape index (κ2) is 10.6. The lowest BCUT2D eigenvalue weighted by Gasteiger charge is -2.08. The van der Waals surface area contributed by atoms with E-state index in [1.54, 1.807) is 0 Å². The van der Waals surface area contributed by atoms with Gasteiger partial charge in [0.25, 0.3) is 0 Å². The van der Waals surface area contributed by atoms with Crippen LogP contribution in [0.3, 0.4) is 0 Å². The molecule has 0 aliphatic heterocycles. The minimum atomic E-state index is -0.146. The van der Waals surface area contributed by atoms with Crippen molar-refractivity contribution < 1.29 is 19.1 Å². The van der Waals surface area contributed by atoms with E-state index in [0.717, 1.165) is 47.6 Å². The van der Waals surface area contributed by atoms with Crippen LogP contribution in [0.15, 0.2) is 36.4 Å². The van der Waals surface area contributed by atoms with Crippen molar-refractivity contribution in [1.29, 1.82) is 0 Å². The van der Waals surface area contributed by atoms with Crippen LogP contribution in [0, 0.1) is 0 Å². The Kier molecular flexibility index (Phi) is 8.13. The van der Waals surface area contributed by atoms with Crippen molar-refractivity contribution in [2.45, 2.75) is 65.6 Å². The van der Waals surface area contributed by atoms with Gasteiger partial charge in [-0.05, 0) is 46.9 Å². The van der Waals surface area contributed by atoms with Gasteiger partial charge in [-0.15, -0.1) is 0 Å². The van der Waals surface area contributed by atoms with E-state index in [2.05, 4.69) is 13.8 Å². The van der Waals surface area contributed by atoms with Crippen LogP contribution in [0.1, 0.15) is 63.5 Å². The number of carbonyl (C=O) groups is 2. The number of unbranched alkanes of at least 4 members (excludes halogenated alkanes) is 2. The number of benzene rings is 2. The number of ether oxygens (including phenoxy) is 2. The highest BCUT2D eigenvalue weighted by atomic mass is 16.5. The highest BCUT2D eigenvalue weighted by Gasteiger charge is 2.06. The first-order valence-electron chi connectivity index (χ1n) is 9.45. The monoisotopic (exact) mass is 356 g/mol. The van der Waals surface area contributed by atoms with Gasteiger partial charge in [-0.3, -0.25) is 9.59 Å². The van der Waals surface area contributed by atoms with E-state index < -0.39 is 0 Å². The van der Waals surface area contributed by atoms with E-state index in [1.807, 2.05) is 36.4 Å². The summed E-state index contributed by atoms with van der Waals surface area (Å²) >= 11 is 0. The average Bonchev–Trinajstić information content (AvgIpc) is 2.67. The van der Waals surface area contributed by atoms with E-state index in [-0.39, 0.29) is 11.9 Å². The van der Waals surface area contributed by atoms with E-state index in [0.29, 0.717) is 26.1 Å². The van der Waals surface area contributed by atoms with Crippen LogP contribution in [0.5, 0.6) is 0 Å². The van der Waals surface area contributed by atoms with E-state index in [4.69, 9.17) is 9.47 Å². The fourth-order valence-corrected chi connectivity index (χ4v) is 2.64. The molecule has 26 heavy (non-hydrogen) atoms. The molecule has 0 amide bonds. The first kappa shape index (κ1) is 20.0. The van der Waals surface area contributed by atoms with Gasteiger partial charge in [0.1, 0.15) is 13.2 Å². The molecule has 0 spiro atoms. The molecule has 0 atom stereocenters. The molecule has 0 fully saturated rings. The molecule has 2 rings (SSSR count). The van der Waals surface area contributed by atoms with Gasteiger partial charge in [0.05, 0.1) is 0 Å². The first-order chi connectivity index (χ1) is 12.6. The average molecular weight is 356 g/mol. The zero-order valence-electron chi connectivity index (χ0n) is 15.8. The maximum Gasteiger partial charge on any atom is 0.306 e. The van der Waals surface area contributed by atoms with E-state index in [1.165, 1.54) is 0 Å². The molecule has 0 aromatic heterocycles. The van der Waals surface area contributed by atoms with Crippen molar-refractivity contribution in [1.82, 2.24) is 0 Å². The predicted molar refractivity (Wildman–Crippen MR) is 103 cm³/mol. The molecule has 0 aliphatic carbocycles. The molecule has 0 radical (unpaired) electrons. The second-order valence-electron chi connectivity index (χ2n) is 6.54. The first-order valence-corrected chi connectivity index (χ1v) is 9.45. The maximum absolute atomic E-state index is 11.6. The molecule has 140 valence electrons. The van der Waals surface area contributed by atoms with Crippen LogP contribution in [-0.4, -0.2) is 11.9 Å². The van der Waals surface area contributed by atoms with E-state index in [9.17, 15) is 9.59 Å². The Hall–Kier alpha value is -2.36. The highest BCUT2D eigenvalue weighted by Crippen LogP contribution is 2.19. The van der Waals surface area contributed by atoms with Crippen LogP contribution in [0.2, 0.25) is 0 Å². The standard InChI is InChI=1S/C22H28O4/c1-3-5-7-21(23)25-15-17-9-11-20-14-18(10-12-19(20)13-17)16-26-22(24)8-6-4-2/h9-14H,3-8,15-16H2,1-2H3. The van der Waals surface area contributed by atoms with Crippen LogP contribution < -0.4 is 0 Å². The van der Waals surface area contributed by atoms with Crippen molar-refractivity contribution in [3.8, 4) is 0 Å². The summed E-state index contributed by atoms with van der Waals surface area (Å²) in [6.45, 7) is 4.71. The summed E-state index contributed by atoms with van der Waals surface area (Å²) in [5.41, 5.74) is 1.95. The summed E-state index contributed by atoms with van der Waals surface area (Å²) in [7, 11) is 0. The lowest BCUT2D eigenvalue weighted by molar-refractivity contribution is -0.146. The molecule has 0 unspecified atom stereocenters. The third-order valence-electron chi connectivity index (χ3n) is 4.24. The molecule has 0 aliphatic rings. The Morgan fingerprint density at radius 1 is 0.731 bits per heavy atom. The van der Waals surface area contributed by atoms with Gasteiger partial charge in [0, 0.05) is 12.8 Å². The number of rotatable bonds is 10. The molecule has 2 aromatic carbocycles. The Morgan fingerprint density at radius 3 is 1.54 bits per heavy atom. The minimum Gasteiger partial charge on any atom is -0.461 e. The van der Waals surface area contributed by atoms with Crippen LogP contribution >= 0.6 is 0 Å². The zero-order valence-corrected chi connectivity index (χ0v) is 15.8. The topological polar surface area (TPSA) is 52.6 Å². The Bertz CT molecular complexity index is 673. The zero-order chi connectivity index (χ0) is 18.8. The molecule has 4 heteroatoms. The Balaban J connectivity index is 1.92. The summed E-state index contributed by atoms with van der Waals surface area (Å²) in [6.07, 6.45) is 4.65. The lowest BCUT2D eigenvalue weighted by Crippen LogP contribution is -2.04. The smallest absolute Gasteiger partial charge is 0.306 e. The molecule has 0 heterocycles. The molecule has 0 N–H and O–H groups in total. The van der Waals surface area contributed by atoms with Crippen molar-refractivity contribution in [3.63, 3.8) is 0 Å². The van der Waals surface area contributed by atoms with Gasteiger partial charge in [-0.1, -0.05) is 51.0 Å². The van der Waals surface area contributed by atoms with E-state index >= 15 is 0 Å². The summed E-state index contributed by atoms with van der Waals surface area (Å²) in [5.74, 6) is -0.292.